The fraction of sp³-hybridized carbons (Fsp3) is 0.533. The molecule has 144 valence electrons. The summed E-state index contributed by atoms with van der Waals surface area (Å²) in [5.74, 6) is 0.0616. The van der Waals surface area contributed by atoms with E-state index in [1.165, 1.54) is 11.0 Å². The minimum absolute atomic E-state index is 0.0616. The van der Waals surface area contributed by atoms with Gasteiger partial charge in [0.2, 0.25) is 11.5 Å². The number of fused-ring (bicyclic) bond motifs is 1. The molecule has 2 aromatic heterocycles. The average molecular weight is 378 g/mol. The second-order valence-electron chi connectivity index (χ2n) is 6.39. The first-order valence-corrected chi connectivity index (χ1v) is 8.54. The van der Waals surface area contributed by atoms with Crippen molar-refractivity contribution in [3.05, 3.63) is 16.2 Å². The van der Waals surface area contributed by atoms with E-state index in [1.807, 2.05) is 4.90 Å². The molecular weight excluding hydrogens is 360 g/mol. The number of carboxylic acid groups (broad SMARTS) is 1. The lowest BCUT2D eigenvalue weighted by molar-refractivity contribution is -0.384. The number of hydrogen-bond acceptors (Lipinski definition) is 9. The molecule has 1 amide bonds. The van der Waals surface area contributed by atoms with E-state index < -0.39 is 11.0 Å². The number of nitrogens with one attached hydrogen (secondary N) is 1. The Bertz CT molecular complexity index is 879. The summed E-state index contributed by atoms with van der Waals surface area (Å²) < 4.78 is 10.9. The highest BCUT2D eigenvalue weighted by Crippen LogP contribution is 2.31. The Kier molecular flexibility index (Phi) is 4.39. The fourth-order valence-corrected chi connectivity index (χ4v) is 3.22. The van der Waals surface area contributed by atoms with Crippen molar-refractivity contribution in [2.75, 3.05) is 49.6 Å². The Balaban J connectivity index is 1.62. The van der Waals surface area contributed by atoms with E-state index >= 15 is 0 Å². The van der Waals surface area contributed by atoms with E-state index in [1.54, 1.807) is 0 Å². The third-order valence-electron chi connectivity index (χ3n) is 4.63. The number of nitrogens with zero attached hydrogens (tertiary/aromatic N) is 5. The maximum absolute atomic E-state index is 11.5. The molecule has 0 spiro atoms. The summed E-state index contributed by atoms with van der Waals surface area (Å²) in [6, 6.07) is 1.39. The molecule has 2 fully saturated rings. The van der Waals surface area contributed by atoms with Gasteiger partial charge in [-0.2, -0.15) is 4.98 Å². The topological polar surface area (TPSA) is 147 Å². The molecule has 0 aromatic carbocycles. The highest BCUT2D eigenvalue weighted by molar-refractivity contribution is 5.78. The van der Waals surface area contributed by atoms with Crippen LogP contribution < -0.4 is 10.2 Å². The van der Waals surface area contributed by atoms with E-state index in [9.17, 15) is 14.9 Å². The molecular formula is C15H18N6O6. The molecule has 4 heterocycles. The van der Waals surface area contributed by atoms with Gasteiger partial charge >= 0.3 is 11.8 Å². The Morgan fingerprint density at radius 2 is 2.11 bits per heavy atom. The zero-order valence-corrected chi connectivity index (χ0v) is 14.3. The summed E-state index contributed by atoms with van der Waals surface area (Å²) in [5, 5.41) is 23.5. The van der Waals surface area contributed by atoms with Crippen LogP contribution >= 0.6 is 0 Å². The number of ether oxygens (including phenoxy) is 1. The van der Waals surface area contributed by atoms with Crippen molar-refractivity contribution in [1.29, 1.82) is 0 Å². The summed E-state index contributed by atoms with van der Waals surface area (Å²) in [6.45, 7) is 2.96. The number of pyridine rings is 1. The number of likely N-dealkylation sites (tertiary alicyclic amines) is 1. The lowest BCUT2D eigenvalue weighted by Gasteiger charge is -2.24. The van der Waals surface area contributed by atoms with Crippen LogP contribution in [0.1, 0.15) is 6.42 Å². The van der Waals surface area contributed by atoms with E-state index in [0.29, 0.717) is 45.3 Å². The van der Waals surface area contributed by atoms with Gasteiger partial charge in [0.1, 0.15) is 0 Å². The highest BCUT2D eigenvalue weighted by atomic mass is 16.6. The van der Waals surface area contributed by atoms with Gasteiger partial charge in [-0.25, -0.2) is 9.78 Å². The van der Waals surface area contributed by atoms with Gasteiger partial charge in [0, 0.05) is 32.2 Å². The molecule has 2 saturated heterocycles. The number of rotatable bonds is 4. The molecule has 0 saturated carbocycles. The molecule has 12 heteroatoms. The summed E-state index contributed by atoms with van der Waals surface area (Å²) in [4.78, 5) is 33.7. The van der Waals surface area contributed by atoms with Gasteiger partial charge in [0.15, 0.2) is 5.58 Å². The first-order chi connectivity index (χ1) is 13.0. The number of hydrogen-bond donors (Lipinski definition) is 2. The second-order valence-corrected chi connectivity index (χ2v) is 6.39. The van der Waals surface area contributed by atoms with Crippen molar-refractivity contribution in [2.24, 2.45) is 0 Å². The van der Waals surface area contributed by atoms with Gasteiger partial charge in [-0.15, -0.1) is 0 Å². The van der Waals surface area contributed by atoms with Crippen LogP contribution in [0.2, 0.25) is 0 Å². The first kappa shape index (κ1) is 17.3. The Labute approximate surface area is 152 Å². The summed E-state index contributed by atoms with van der Waals surface area (Å²) >= 11 is 0. The minimum Gasteiger partial charge on any atom is -0.465 e. The van der Waals surface area contributed by atoms with Crippen molar-refractivity contribution < 1.29 is 24.0 Å². The molecule has 4 rings (SSSR count). The molecule has 2 aliphatic rings. The van der Waals surface area contributed by atoms with Gasteiger partial charge in [0.25, 0.3) is 6.01 Å². The van der Waals surface area contributed by atoms with Crippen LogP contribution in [-0.4, -0.2) is 76.4 Å². The minimum atomic E-state index is -1.01. The normalized spacial score (nSPS) is 20.2. The quantitative estimate of drug-likeness (QED) is 0.586. The van der Waals surface area contributed by atoms with Gasteiger partial charge in [-0.3, -0.25) is 10.1 Å². The molecule has 1 atom stereocenters. The highest BCUT2D eigenvalue weighted by Gasteiger charge is 2.29. The van der Waals surface area contributed by atoms with Crippen LogP contribution in [0.5, 0.6) is 0 Å². The Morgan fingerprint density at radius 3 is 2.78 bits per heavy atom. The molecule has 0 aliphatic carbocycles. The zero-order chi connectivity index (χ0) is 19.0. The maximum Gasteiger partial charge on any atom is 0.407 e. The smallest absolute Gasteiger partial charge is 0.407 e. The second kappa shape index (κ2) is 6.87. The van der Waals surface area contributed by atoms with Crippen LogP contribution in [0.3, 0.4) is 0 Å². The summed E-state index contributed by atoms with van der Waals surface area (Å²) in [7, 11) is 0. The molecule has 0 radical (unpaired) electrons. The molecule has 27 heavy (non-hydrogen) atoms. The molecule has 0 unspecified atom stereocenters. The summed E-state index contributed by atoms with van der Waals surface area (Å²) in [6.07, 6.45) is -0.468. The SMILES string of the molecule is O=C(O)N1CC[C@H](Nc2nc3nc(N4CCOCC4)oc3cc2[N+](=O)[O-])C1. The van der Waals surface area contributed by atoms with Gasteiger partial charge in [0.05, 0.1) is 24.2 Å². The predicted octanol–water partition coefficient (Wildman–Crippen LogP) is 1.13. The molecule has 0 bridgehead atoms. The summed E-state index contributed by atoms with van der Waals surface area (Å²) in [5.41, 5.74) is 0.256. The van der Waals surface area contributed by atoms with Gasteiger partial charge in [-0.1, -0.05) is 0 Å². The number of aromatic nitrogens is 2. The van der Waals surface area contributed by atoms with Crippen LogP contribution in [0.4, 0.5) is 22.3 Å². The van der Waals surface area contributed by atoms with Crippen molar-refractivity contribution in [1.82, 2.24) is 14.9 Å². The predicted molar refractivity (Wildman–Crippen MR) is 93.1 cm³/mol. The molecule has 12 nitrogen and oxygen atoms in total. The molecule has 2 aliphatic heterocycles. The van der Waals surface area contributed by atoms with E-state index in [4.69, 9.17) is 14.3 Å². The van der Waals surface area contributed by atoms with Crippen molar-refractivity contribution in [3.63, 3.8) is 0 Å². The monoisotopic (exact) mass is 378 g/mol. The van der Waals surface area contributed by atoms with Gasteiger partial charge < -0.3 is 29.4 Å². The van der Waals surface area contributed by atoms with Crippen LogP contribution in [-0.2, 0) is 4.74 Å². The van der Waals surface area contributed by atoms with Crippen LogP contribution in [0.25, 0.3) is 11.2 Å². The standard InChI is InChI=1S/C15H18N6O6/c22-15(23)20-2-1-9(8-20)16-12-10(21(24)25)7-11-13(17-12)18-14(27-11)19-3-5-26-6-4-19/h7,9H,1-6,8H2,(H,16,17)(H,22,23)/t9-/m0/s1. The Hall–Kier alpha value is -3.15. The van der Waals surface area contributed by atoms with E-state index in [0.717, 1.165) is 0 Å². The number of nitro groups is 1. The third kappa shape index (κ3) is 3.43. The van der Waals surface area contributed by atoms with Crippen LogP contribution in [0, 0.1) is 10.1 Å². The number of oxazole rings is 1. The van der Waals surface area contributed by atoms with E-state index in [2.05, 4.69) is 15.3 Å². The number of carbonyl (C=O) groups is 1. The lowest BCUT2D eigenvalue weighted by atomic mass is 10.2. The maximum atomic E-state index is 11.5. The first-order valence-electron chi connectivity index (χ1n) is 8.54. The van der Waals surface area contributed by atoms with E-state index in [-0.39, 0.29) is 35.3 Å². The van der Waals surface area contributed by atoms with Crippen molar-refractivity contribution >= 4 is 34.8 Å². The lowest BCUT2D eigenvalue weighted by Crippen LogP contribution is -2.36. The van der Waals surface area contributed by atoms with Crippen molar-refractivity contribution in [2.45, 2.75) is 12.5 Å². The largest absolute Gasteiger partial charge is 0.465 e. The molecule has 2 aromatic rings. The number of morpholine rings is 1. The fourth-order valence-electron chi connectivity index (χ4n) is 3.22. The number of anilines is 2. The third-order valence-corrected chi connectivity index (χ3v) is 4.63. The zero-order valence-electron chi connectivity index (χ0n) is 14.3. The van der Waals surface area contributed by atoms with Gasteiger partial charge in [-0.05, 0) is 6.42 Å². The number of amides is 1. The molecule has 2 N–H and O–H groups in total. The van der Waals surface area contributed by atoms with Crippen LogP contribution in [0.15, 0.2) is 10.5 Å². The average Bonchev–Trinajstić information content (AvgIpc) is 3.28. The Morgan fingerprint density at radius 1 is 1.33 bits per heavy atom. The van der Waals surface area contributed by atoms with Crippen molar-refractivity contribution in [3.8, 4) is 0 Å².